The number of halogens is 3. The number of nitrogens with zero attached hydrogens (tertiary/aromatic N) is 4. The average Bonchev–Trinajstić information content (AvgIpc) is 3.76. The lowest BCUT2D eigenvalue weighted by Crippen LogP contribution is -2.05. The zero-order chi connectivity index (χ0) is 36.4. The molecule has 0 fully saturated rings. The number of benzene rings is 7. The molecule has 0 aliphatic carbocycles. The quantitative estimate of drug-likeness (QED) is 0.177. The van der Waals surface area contributed by atoms with Crippen molar-refractivity contribution >= 4 is 53.3 Å². The van der Waals surface area contributed by atoms with E-state index in [1.165, 1.54) is 26.2 Å². The van der Waals surface area contributed by atoms with E-state index in [2.05, 4.69) is 54.6 Å². The van der Waals surface area contributed by atoms with Crippen molar-refractivity contribution in [3.63, 3.8) is 0 Å². The second-order valence-electron chi connectivity index (χ2n) is 13.2. The Morgan fingerprint density at radius 2 is 1.00 bits per heavy atom. The van der Waals surface area contributed by atoms with Crippen LogP contribution in [-0.2, 0) is 6.18 Å². The van der Waals surface area contributed by atoms with Crippen LogP contribution >= 0.6 is 11.3 Å². The van der Waals surface area contributed by atoms with Crippen molar-refractivity contribution in [1.82, 2.24) is 19.5 Å². The van der Waals surface area contributed by atoms with Crippen LogP contribution in [0.4, 0.5) is 13.2 Å². The summed E-state index contributed by atoms with van der Waals surface area (Å²) in [5, 5.41) is 3.66. The second kappa shape index (κ2) is 12.5. The number of hydrogen-bond acceptors (Lipinski definition) is 4. The van der Waals surface area contributed by atoms with Crippen LogP contribution in [0.5, 0.6) is 0 Å². The largest absolute Gasteiger partial charge is 0.416 e. The maximum Gasteiger partial charge on any atom is 0.416 e. The molecule has 0 saturated carbocycles. The molecule has 0 atom stereocenters. The van der Waals surface area contributed by atoms with Crippen molar-refractivity contribution in [3.05, 3.63) is 169 Å². The highest BCUT2D eigenvalue weighted by Crippen LogP contribution is 2.42. The smallest absolute Gasteiger partial charge is 0.309 e. The molecule has 4 nitrogen and oxygen atoms in total. The molecule has 3 aromatic heterocycles. The van der Waals surface area contributed by atoms with E-state index < -0.39 is 11.7 Å². The van der Waals surface area contributed by atoms with E-state index in [0.717, 1.165) is 44.9 Å². The summed E-state index contributed by atoms with van der Waals surface area (Å²) in [4.78, 5) is 15.1. The van der Waals surface area contributed by atoms with Gasteiger partial charge in [0.15, 0.2) is 17.5 Å². The van der Waals surface area contributed by atoms with Crippen LogP contribution in [0.15, 0.2) is 164 Å². The molecule has 0 aliphatic rings. The highest BCUT2D eigenvalue weighted by atomic mass is 32.1. The molecule has 3 heterocycles. The molecule has 0 unspecified atom stereocenters. The number of rotatable bonds is 5. The highest BCUT2D eigenvalue weighted by molar-refractivity contribution is 7.25. The zero-order valence-electron chi connectivity index (χ0n) is 28.4. The monoisotopic (exact) mass is 724 g/mol. The zero-order valence-corrected chi connectivity index (χ0v) is 29.2. The molecule has 0 saturated heterocycles. The van der Waals surface area contributed by atoms with Crippen LogP contribution in [0.3, 0.4) is 0 Å². The maximum absolute atomic E-state index is 14.0. The van der Waals surface area contributed by atoms with Gasteiger partial charge in [-0.3, -0.25) is 0 Å². The van der Waals surface area contributed by atoms with Gasteiger partial charge in [-0.2, -0.15) is 13.2 Å². The molecule has 0 bridgehead atoms. The predicted octanol–water partition coefficient (Wildman–Crippen LogP) is 13.0. The predicted molar refractivity (Wildman–Crippen MR) is 214 cm³/mol. The lowest BCUT2D eigenvalue weighted by Gasteiger charge is -2.16. The van der Waals surface area contributed by atoms with Crippen molar-refractivity contribution < 1.29 is 13.2 Å². The van der Waals surface area contributed by atoms with Crippen molar-refractivity contribution in [3.8, 4) is 51.0 Å². The van der Waals surface area contributed by atoms with Gasteiger partial charge in [0.1, 0.15) is 0 Å². The lowest BCUT2D eigenvalue weighted by molar-refractivity contribution is -0.137. The van der Waals surface area contributed by atoms with E-state index >= 15 is 0 Å². The van der Waals surface area contributed by atoms with Gasteiger partial charge in [-0.25, -0.2) is 15.0 Å². The summed E-state index contributed by atoms with van der Waals surface area (Å²) in [5.41, 5.74) is 5.82. The normalized spacial score (nSPS) is 12.0. The maximum atomic E-state index is 14.0. The molecule has 7 aromatic carbocycles. The Bertz CT molecular complexity index is 2980. The van der Waals surface area contributed by atoms with E-state index in [9.17, 15) is 13.2 Å². The third-order valence-corrected chi connectivity index (χ3v) is 11.0. The molecule has 0 radical (unpaired) electrons. The fraction of sp³-hybridized carbons (Fsp3) is 0.0217. The summed E-state index contributed by atoms with van der Waals surface area (Å²) in [7, 11) is 0. The molecule has 0 aliphatic heterocycles. The standard InChI is InChI=1S/C46H27F3N4S/c47-46(48,49)32-21-24-39-36(27-32)33-15-7-9-17-38(33)53(39)40-23-20-30(31-19-22-35-34-16-8-10-18-41(34)54-42(35)26-31)25-37(40)45-51-43(28-11-3-1-4-12-28)50-44(52-45)29-13-5-2-6-14-29/h1-27H. The Morgan fingerprint density at radius 3 is 1.72 bits per heavy atom. The first-order chi connectivity index (χ1) is 26.4. The Kier molecular flexibility index (Phi) is 7.42. The number of para-hydroxylation sites is 1. The minimum atomic E-state index is -4.48. The molecule has 10 aromatic rings. The van der Waals surface area contributed by atoms with Crippen LogP contribution in [0, 0.1) is 0 Å². The summed E-state index contributed by atoms with van der Waals surface area (Å²) >= 11 is 1.76. The third kappa shape index (κ3) is 5.42. The van der Waals surface area contributed by atoms with Crippen LogP contribution in [0.25, 0.3) is 93.0 Å². The van der Waals surface area contributed by atoms with E-state index in [1.807, 2.05) is 95.6 Å². The van der Waals surface area contributed by atoms with E-state index in [-0.39, 0.29) is 0 Å². The first-order valence-electron chi connectivity index (χ1n) is 17.4. The molecule has 8 heteroatoms. The Morgan fingerprint density at radius 1 is 0.426 bits per heavy atom. The summed E-state index contributed by atoms with van der Waals surface area (Å²) < 4.78 is 46.5. The molecular formula is C46H27F3N4S. The fourth-order valence-electron chi connectivity index (χ4n) is 7.33. The molecular weight excluding hydrogens is 698 g/mol. The second-order valence-corrected chi connectivity index (χ2v) is 14.2. The molecule has 10 rings (SSSR count). The summed E-state index contributed by atoms with van der Waals surface area (Å²) in [6, 6.07) is 52.2. The number of thiophene rings is 1. The van der Waals surface area contributed by atoms with Gasteiger partial charge in [-0.15, -0.1) is 11.3 Å². The summed E-state index contributed by atoms with van der Waals surface area (Å²) in [6.45, 7) is 0. The summed E-state index contributed by atoms with van der Waals surface area (Å²) in [5.74, 6) is 1.47. The van der Waals surface area contributed by atoms with Gasteiger partial charge in [-0.1, -0.05) is 115 Å². The fourth-order valence-corrected chi connectivity index (χ4v) is 8.48. The highest BCUT2D eigenvalue weighted by Gasteiger charge is 2.31. The number of alkyl halides is 3. The van der Waals surface area contributed by atoms with E-state index in [0.29, 0.717) is 33.9 Å². The van der Waals surface area contributed by atoms with Gasteiger partial charge >= 0.3 is 6.18 Å². The molecule has 0 spiro atoms. The van der Waals surface area contributed by atoms with Crippen LogP contribution in [0.1, 0.15) is 5.56 Å². The van der Waals surface area contributed by atoms with Gasteiger partial charge in [0.25, 0.3) is 0 Å². The SMILES string of the molecule is FC(F)(F)c1ccc2c(c1)c1ccccc1n2-c1ccc(-c2ccc3c(c2)sc2ccccc23)cc1-c1nc(-c2ccccc2)nc(-c2ccccc2)n1. The van der Waals surface area contributed by atoms with Gasteiger partial charge in [0.2, 0.25) is 0 Å². The Balaban J connectivity index is 1.26. The van der Waals surface area contributed by atoms with Gasteiger partial charge < -0.3 is 4.57 Å². The summed E-state index contributed by atoms with van der Waals surface area (Å²) in [6.07, 6.45) is -4.48. The molecule has 258 valence electrons. The third-order valence-electron chi connectivity index (χ3n) is 9.89. The van der Waals surface area contributed by atoms with Gasteiger partial charge in [-0.05, 0) is 59.7 Å². The van der Waals surface area contributed by atoms with Crippen molar-refractivity contribution in [1.29, 1.82) is 0 Å². The number of aromatic nitrogens is 4. The van der Waals surface area contributed by atoms with Gasteiger partial charge in [0.05, 0.1) is 22.3 Å². The van der Waals surface area contributed by atoms with Crippen LogP contribution < -0.4 is 0 Å². The lowest BCUT2D eigenvalue weighted by atomic mass is 9.99. The van der Waals surface area contributed by atoms with E-state index in [1.54, 1.807) is 17.4 Å². The minimum Gasteiger partial charge on any atom is -0.309 e. The Labute approximate surface area is 311 Å². The van der Waals surface area contributed by atoms with Crippen LogP contribution in [0.2, 0.25) is 0 Å². The first kappa shape index (κ1) is 32.0. The van der Waals surface area contributed by atoms with E-state index in [4.69, 9.17) is 15.0 Å². The van der Waals surface area contributed by atoms with Crippen LogP contribution in [-0.4, -0.2) is 19.5 Å². The number of fused-ring (bicyclic) bond motifs is 6. The van der Waals surface area contributed by atoms with Gasteiger partial charge in [0, 0.05) is 47.6 Å². The first-order valence-corrected chi connectivity index (χ1v) is 18.2. The average molecular weight is 725 g/mol. The van der Waals surface area contributed by atoms with Crippen molar-refractivity contribution in [2.24, 2.45) is 0 Å². The van der Waals surface area contributed by atoms with Crippen molar-refractivity contribution in [2.75, 3.05) is 0 Å². The molecule has 0 amide bonds. The number of hydrogen-bond donors (Lipinski definition) is 0. The molecule has 0 N–H and O–H groups in total. The topological polar surface area (TPSA) is 43.6 Å². The minimum absolute atomic E-state index is 0.445. The van der Waals surface area contributed by atoms with Crippen molar-refractivity contribution in [2.45, 2.75) is 6.18 Å². The Hall–Kier alpha value is -6.64. The molecule has 54 heavy (non-hydrogen) atoms.